The Balaban J connectivity index is 0.904. The number of nitriles is 4. The van der Waals surface area contributed by atoms with Crippen LogP contribution in [0.15, 0.2) is 200 Å². The quantitative estimate of drug-likeness (QED) is 0.116. The fraction of sp³-hybridized carbons (Fsp3) is 0.103. The summed E-state index contributed by atoms with van der Waals surface area (Å²) in [5, 5.41) is 39.6. The van der Waals surface area contributed by atoms with Crippen molar-refractivity contribution in [1.82, 2.24) is 17.5 Å². The number of rotatable bonds is 11. The molecule has 0 fully saturated rings. The second-order valence-corrected chi connectivity index (χ2v) is 28.0. The summed E-state index contributed by atoms with van der Waals surface area (Å²) < 4.78 is 20.0. The first-order valence-corrected chi connectivity index (χ1v) is 33.6. The van der Waals surface area contributed by atoms with Gasteiger partial charge in [0.1, 0.15) is 45.7 Å². The molecule has 0 atom stereocenters. The van der Waals surface area contributed by atoms with E-state index >= 15 is 0 Å². The predicted octanol–water partition coefficient (Wildman–Crippen LogP) is 20.3. The van der Waals surface area contributed by atoms with Gasteiger partial charge in [0, 0.05) is 52.2 Å². The van der Waals surface area contributed by atoms with Gasteiger partial charge in [-0.2, -0.15) is 38.5 Å². The number of allylic oxidation sites excluding steroid dienone is 1. The zero-order valence-electron chi connectivity index (χ0n) is 49.5. The van der Waals surface area contributed by atoms with Crippen molar-refractivity contribution < 1.29 is 0 Å². The molecule has 430 valence electrons. The number of hydrogen-bond donors (Lipinski definition) is 0. The van der Waals surface area contributed by atoms with Gasteiger partial charge in [0.05, 0.1) is 46.4 Å². The molecule has 5 aromatic heterocycles. The van der Waals surface area contributed by atoms with Crippen molar-refractivity contribution in [1.29, 1.82) is 21.0 Å². The number of aryl methyl sites for hydroxylation is 4. The van der Waals surface area contributed by atoms with Crippen LogP contribution in [0.4, 0.5) is 0 Å². The van der Waals surface area contributed by atoms with E-state index in [1.54, 1.807) is 28.7 Å². The Morgan fingerprint density at radius 1 is 0.407 bits per heavy atom. The highest BCUT2D eigenvalue weighted by molar-refractivity contribution is 7.27. The number of thiophene rings is 3. The number of benzene rings is 9. The van der Waals surface area contributed by atoms with Crippen LogP contribution in [0.1, 0.15) is 77.9 Å². The van der Waals surface area contributed by atoms with Crippen molar-refractivity contribution in [3.63, 3.8) is 0 Å². The number of nitrogens with zero attached hydrogens (tertiary/aromatic N) is 8. The van der Waals surface area contributed by atoms with Crippen molar-refractivity contribution >= 4 is 95.7 Å². The number of aromatic nitrogens is 4. The van der Waals surface area contributed by atoms with Crippen molar-refractivity contribution in [2.45, 2.75) is 44.9 Å². The molecule has 0 spiro atoms. The molecule has 5 heterocycles. The summed E-state index contributed by atoms with van der Waals surface area (Å²) in [7, 11) is 0. The van der Waals surface area contributed by atoms with Gasteiger partial charge in [0.15, 0.2) is 0 Å². The van der Waals surface area contributed by atoms with Crippen molar-refractivity contribution in [3.05, 3.63) is 278 Å². The lowest BCUT2D eigenvalue weighted by Crippen LogP contribution is -2.30. The summed E-state index contributed by atoms with van der Waals surface area (Å²) in [5.41, 5.74) is 25.5. The number of hydrogen-bond acceptors (Lipinski definition) is 13. The Kier molecular flexibility index (Phi) is 13.4. The van der Waals surface area contributed by atoms with E-state index < -0.39 is 16.7 Å². The van der Waals surface area contributed by atoms with Crippen LogP contribution >= 0.6 is 57.5 Å². The van der Waals surface area contributed by atoms with Crippen LogP contribution < -0.4 is 0 Å². The van der Waals surface area contributed by atoms with Crippen LogP contribution in [0.25, 0.3) is 102 Å². The minimum absolute atomic E-state index is 0.0189. The topological polar surface area (TPSA) is 147 Å². The maximum atomic E-state index is 9.65. The first kappa shape index (κ1) is 56.0. The summed E-state index contributed by atoms with van der Waals surface area (Å²) in [4.78, 5) is 5.58. The smallest absolute Gasteiger partial charge is 0.137 e. The van der Waals surface area contributed by atoms with E-state index in [1.165, 1.54) is 104 Å². The molecule has 0 bridgehead atoms. The van der Waals surface area contributed by atoms with E-state index in [0.29, 0.717) is 17.5 Å². The fourth-order valence-corrected chi connectivity index (χ4v) is 18.5. The maximum Gasteiger partial charge on any atom is 0.137 e. The molecule has 2 aliphatic carbocycles. The van der Waals surface area contributed by atoms with Crippen molar-refractivity contribution in [2.24, 2.45) is 5.92 Å². The summed E-state index contributed by atoms with van der Waals surface area (Å²) in [6.45, 7) is 8.67. The standard InChI is InChI=1S/C78H48N8S5/c1-43-5-16-53(17-6-43)77(54-18-7-44(2)8-19-54)63-34-49(67-27-28-68(87-67)58-25-14-50(31-47(39-79)40-80)73-75(58)85-90-83-73)13-24-57(63)61-36-65-62(37-64(61)77)60-33-52-35-72(70-30-29-69(88-70)59-26-15-51(32-48(41-81)42-82)74-76(59)86-91-84-74)89-71(52)38-66(60)78(65,55-20-9-45(3)10-21-55)56-22-11-46(4)12-23-56/h5-30,32-38,47H,31H2,1-4H3. The lowest BCUT2D eigenvalue weighted by atomic mass is 9.65. The molecule has 91 heavy (non-hydrogen) atoms. The van der Waals surface area contributed by atoms with E-state index in [2.05, 4.69) is 225 Å². The zero-order chi connectivity index (χ0) is 61.9. The van der Waals surface area contributed by atoms with E-state index in [9.17, 15) is 21.0 Å². The lowest BCUT2D eigenvalue weighted by Gasteiger charge is -2.36. The van der Waals surface area contributed by atoms with E-state index in [0.717, 1.165) is 81.8 Å². The summed E-state index contributed by atoms with van der Waals surface area (Å²) >= 11 is 7.57. The highest BCUT2D eigenvalue weighted by atomic mass is 32.1. The van der Waals surface area contributed by atoms with Crippen molar-refractivity contribution in [3.8, 4) is 87.6 Å². The molecule has 16 rings (SSSR count). The Morgan fingerprint density at radius 2 is 0.857 bits per heavy atom. The second-order valence-electron chi connectivity index (χ2n) is 23.7. The van der Waals surface area contributed by atoms with Crippen LogP contribution in [0.5, 0.6) is 0 Å². The molecule has 14 aromatic rings. The fourth-order valence-electron chi connectivity index (χ4n) is 14.1. The summed E-state index contributed by atoms with van der Waals surface area (Å²) in [6.07, 6.45) is 1.88. The first-order valence-electron chi connectivity index (χ1n) is 29.7. The van der Waals surface area contributed by atoms with Gasteiger partial charge in [-0.1, -0.05) is 156 Å². The minimum atomic E-state index is -0.766. The van der Waals surface area contributed by atoms with Gasteiger partial charge in [-0.15, -0.1) is 34.0 Å². The third-order valence-electron chi connectivity index (χ3n) is 18.5. The van der Waals surface area contributed by atoms with Gasteiger partial charge in [-0.3, -0.25) is 0 Å². The third-order valence-corrected chi connectivity index (χ3v) is 23.1. The first-order chi connectivity index (χ1) is 44.5. The highest BCUT2D eigenvalue weighted by Crippen LogP contribution is 2.64. The SMILES string of the molecule is Cc1ccc(C2(c3ccc(C)cc3)c3cc(-c4ccc(-c5ccc(CC(C#N)C#N)c6nsnc56)s4)ccc3-c3cc4c(cc32)-c2cc3cc(-c5ccc(-c6ccc(C=C(C#N)C#N)c7nsnc67)s5)sc3cc2C4(c2ccc(C)cc2)c2ccc(C)cc2)cc1. The Labute approximate surface area is 546 Å². The normalized spacial score (nSPS) is 13.1. The molecule has 0 saturated carbocycles. The molecule has 0 unspecified atom stereocenters. The molecule has 0 amide bonds. The monoisotopic (exact) mass is 1260 g/mol. The minimum Gasteiger partial charge on any atom is -0.197 e. The van der Waals surface area contributed by atoms with Crippen LogP contribution in [0, 0.1) is 78.9 Å². The molecule has 0 saturated heterocycles. The van der Waals surface area contributed by atoms with Gasteiger partial charge >= 0.3 is 0 Å². The van der Waals surface area contributed by atoms with Gasteiger partial charge in [-0.05, 0) is 178 Å². The zero-order valence-corrected chi connectivity index (χ0v) is 53.5. The number of fused-ring (bicyclic) bond motifs is 9. The molecule has 8 nitrogen and oxygen atoms in total. The maximum absolute atomic E-state index is 9.65. The third kappa shape index (κ3) is 8.73. The molecular formula is C78H48N8S5. The summed E-state index contributed by atoms with van der Waals surface area (Å²) in [5.74, 6) is -0.766. The molecule has 0 radical (unpaired) electrons. The Hall–Kier alpha value is -10.3. The van der Waals surface area contributed by atoms with Gasteiger partial charge < -0.3 is 0 Å². The molecule has 9 aromatic carbocycles. The van der Waals surface area contributed by atoms with Crippen LogP contribution in [0.2, 0.25) is 0 Å². The van der Waals surface area contributed by atoms with Crippen LogP contribution in [-0.2, 0) is 17.3 Å². The predicted molar refractivity (Wildman–Crippen MR) is 372 cm³/mol. The van der Waals surface area contributed by atoms with Crippen LogP contribution in [-0.4, -0.2) is 17.5 Å². The van der Waals surface area contributed by atoms with Crippen molar-refractivity contribution in [2.75, 3.05) is 0 Å². The van der Waals surface area contributed by atoms with Gasteiger partial charge in [0.2, 0.25) is 0 Å². The average molecular weight is 1260 g/mol. The average Bonchev–Trinajstić information content (AvgIpc) is 1.52. The molecule has 2 aliphatic rings. The van der Waals surface area contributed by atoms with E-state index in [1.807, 2.05) is 41.7 Å². The summed E-state index contributed by atoms with van der Waals surface area (Å²) in [6, 6.07) is 81.5. The lowest BCUT2D eigenvalue weighted by molar-refractivity contribution is 0.758. The molecular weight excluding hydrogens is 1210 g/mol. The molecule has 0 N–H and O–H groups in total. The van der Waals surface area contributed by atoms with E-state index in [4.69, 9.17) is 8.75 Å². The Morgan fingerprint density at radius 3 is 1.42 bits per heavy atom. The Bertz CT molecular complexity index is 5430. The van der Waals surface area contributed by atoms with Gasteiger partial charge in [0.25, 0.3) is 0 Å². The highest BCUT2D eigenvalue weighted by Gasteiger charge is 2.52. The second kappa shape index (κ2) is 21.7. The van der Waals surface area contributed by atoms with E-state index in [-0.39, 0.29) is 5.57 Å². The molecule has 13 heteroatoms. The van der Waals surface area contributed by atoms with Crippen LogP contribution in [0.3, 0.4) is 0 Å². The largest absolute Gasteiger partial charge is 0.197 e. The molecule has 0 aliphatic heterocycles. The van der Waals surface area contributed by atoms with Gasteiger partial charge in [-0.25, -0.2) is 0 Å².